The van der Waals surface area contributed by atoms with Crippen LogP contribution in [0.2, 0.25) is 0 Å². The Balaban J connectivity index is 0.000000154. The third-order valence-corrected chi connectivity index (χ3v) is 10.5. The third kappa shape index (κ3) is 4.73. The zero-order valence-corrected chi connectivity index (χ0v) is 27.6. The van der Waals surface area contributed by atoms with Crippen LogP contribution in [0.1, 0.15) is 62.8 Å². The predicted octanol–water partition coefficient (Wildman–Crippen LogP) is 8.64. The summed E-state index contributed by atoms with van der Waals surface area (Å²) in [7, 11) is 0. The van der Waals surface area contributed by atoms with Crippen LogP contribution in [0.15, 0.2) is 84.9 Å². The molecule has 0 aromatic heterocycles. The van der Waals surface area contributed by atoms with Crippen molar-refractivity contribution in [2.75, 3.05) is 0 Å². The summed E-state index contributed by atoms with van der Waals surface area (Å²) >= 11 is 0. The van der Waals surface area contributed by atoms with Crippen LogP contribution in [0.3, 0.4) is 0 Å². The summed E-state index contributed by atoms with van der Waals surface area (Å²) in [5, 5.41) is 84.2. The average Bonchev–Trinajstić information content (AvgIpc) is 3.38. The van der Waals surface area contributed by atoms with Crippen LogP contribution < -0.4 is 0 Å². The van der Waals surface area contributed by atoms with Gasteiger partial charge in [-0.15, -0.1) is 0 Å². The molecule has 0 bridgehead atoms. The van der Waals surface area contributed by atoms with Crippen molar-refractivity contribution in [3.05, 3.63) is 107 Å². The maximum absolute atomic E-state index is 10.5. The van der Waals surface area contributed by atoms with E-state index >= 15 is 0 Å². The van der Waals surface area contributed by atoms with Crippen LogP contribution in [-0.4, -0.2) is 40.9 Å². The fourth-order valence-corrected chi connectivity index (χ4v) is 8.50. The van der Waals surface area contributed by atoms with Crippen LogP contribution in [-0.2, 0) is 16.2 Å². The molecule has 0 saturated carbocycles. The highest BCUT2D eigenvalue weighted by Gasteiger charge is 2.56. The van der Waals surface area contributed by atoms with Crippen molar-refractivity contribution in [3.8, 4) is 57.1 Å². The fourth-order valence-electron chi connectivity index (χ4n) is 8.50. The normalized spacial score (nSPS) is 16.3. The van der Waals surface area contributed by atoms with Crippen molar-refractivity contribution in [1.29, 1.82) is 0 Å². The molecule has 2 aliphatic rings. The molecule has 8 heteroatoms. The Kier molecular flexibility index (Phi) is 6.90. The van der Waals surface area contributed by atoms with E-state index in [1.54, 1.807) is 48.5 Å². The van der Waals surface area contributed by atoms with E-state index < -0.39 is 0 Å². The van der Waals surface area contributed by atoms with Crippen LogP contribution in [0.25, 0.3) is 32.7 Å². The highest BCUT2D eigenvalue weighted by molar-refractivity contribution is 6.11. The van der Waals surface area contributed by atoms with Crippen molar-refractivity contribution in [2.45, 2.75) is 56.8 Å². The Labute approximate surface area is 283 Å². The van der Waals surface area contributed by atoms with Gasteiger partial charge in [0.15, 0.2) is 46.0 Å². The molecule has 0 radical (unpaired) electrons. The summed E-state index contributed by atoms with van der Waals surface area (Å²) in [6.45, 7) is 8.56. The van der Waals surface area contributed by atoms with Crippen LogP contribution in [0.5, 0.6) is 46.0 Å². The van der Waals surface area contributed by atoms with E-state index in [0.29, 0.717) is 10.8 Å². The highest BCUT2D eigenvalue weighted by atomic mass is 16.3. The maximum atomic E-state index is 10.5. The minimum atomic E-state index is -0.353. The highest BCUT2D eigenvalue weighted by Crippen LogP contribution is 2.64. The standard InChI is InChI=1S/C21H24O4.C20H14O4/c1-19(2)9-21(13-7-17(24)15(22)5-11(13)19)10-20(3,4)12-6-16(23)18(25)8-14(12)21;21-15-9-11-5-1-3-7-13(11)17(19(15)23)18-14-8-4-2-6-12(14)10-16(22)20(18)24/h5-8,22-25H,9-10H2,1-4H3;1-10,21-24H. The molecule has 8 rings (SSSR count). The molecule has 0 atom stereocenters. The monoisotopic (exact) mass is 658 g/mol. The van der Waals surface area contributed by atoms with Gasteiger partial charge >= 0.3 is 0 Å². The zero-order valence-electron chi connectivity index (χ0n) is 27.6. The number of rotatable bonds is 1. The lowest BCUT2D eigenvalue weighted by atomic mass is 9.72. The van der Waals surface area contributed by atoms with Gasteiger partial charge in [-0.2, -0.15) is 0 Å². The number of phenols is 8. The zero-order chi connectivity index (χ0) is 35.2. The molecule has 0 unspecified atom stereocenters. The van der Waals surface area contributed by atoms with E-state index in [4.69, 9.17) is 0 Å². The topological polar surface area (TPSA) is 162 Å². The quantitative estimate of drug-likeness (QED) is 0.0814. The van der Waals surface area contributed by atoms with Crippen molar-refractivity contribution in [2.24, 2.45) is 0 Å². The van der Waals surface area contributed by atoms with Gasteiger partial charge in [0.2, 0.25) is 0 Å². The summed E-state index contributed by atoms with van der Waals surface area (Å²) < 4.78 is 0. The molecule has 2 aliphatic carbocycles. The van der Waals surface area contributed by atoms with Gasteiger partial charge in [0.1, 0.15) is 0 Å². The second kappa shape index (κ2) is 10.6. The lowest BCUT2D eigenvalue weighted by Crippen LogP contribution is -2.26. The van der Waals surface area contributed by atoms with E-state index in [1.165, 1.54) is 12.1 Å². The van der Waals surface area contributed by atoms with Crippen LogP contribution >= 0.6 is 0 Å². The smallest absolute Gasteiger partial charge is 0.166 e. The Morgan fingerprint density at radius 1 is 0.408 bits per heavy atom. The molecular formula is C41H38O8. The molecular weight excluding hydrogens is 620 g/mol. The van der Waals surface area contributed by atoms with Crippen molar-refractivity contribution in [1.82, 2.24) is 0 Å². The third-order valence-electron chi connectivity index (χ3n) is 10.5. The Morgan fingerprint density at radius 2 is 0.735 bits per heavy atom. The minimum Gasteiger partial charge on any atom is -0.504 e. The Bertz CT molecular complexity index is 2170. The molecule has 6 aromatic carbocycles. The van der Waals surface area contributed by atoms with E-state index in [1.807, 2.05) is 24.3 Å². The Morgan fingerprint density at radius 3 is 1.10 bits per heavy atom. The Hall–Kier alpha value is -5.76. The molecule has 8 N–H and O–H groups in total. The van der Waals surface area contributed by atoms with Gasteiger partial charge in [0, 0.05) is 16.5 Å². The second-order valence-electron chi connectivity index (χ2n) is 14.7. The number of benzene rings is 6. The summed E-state index contributed by atoms with van der Waals surface area (Å²) in [4.78, 5) is 0. The van der Waals surface area contributed by atoms with Crippen LogP contribution in [0.4, 0.5) is 0 Å². The lowest BCUT2D eigenvalue weighted by Gasteiger charge is -2.30. The summed E-state index contributed by atoms with van der Waals surface area (Å²) in [6, 6.07) is 24.1. The van der Waals surface area contributed by atoms with Gasteiger partial charge in [-0.05, 0) is 104 Å². The van der Waals surface area contributed by atoms with E-state index in [9.17, 15) is 40.9 Å². The summed E-state index contributed by atoms with van der Waals surface area (Å²) in [5.41, 5.74) is 3.93. The predicted molar refractivity (Wildman–Crippen MR) is 189 cm³/mol. The SMILES string of the molecule is CC1(C)CC2(CC(C)(C)c3cc(O)c(O)cc32)c2cc(O)c(O)cc21.Oc1cc2ccccc2c(-c2c(O)c(O)cc3ccccc23)c1O. The summed E-state index contributed by atoms with van der Waals surface area (Å²) in [5.74, 6) is -1.68. The first-order valence-corrected chi connectivity index (χ1v) is 16.1. The second-order valence-corrected chi connectivity index (χ2v) is 14.7. The first kappa shape index (κ1) is 31.8. The lowest BCUT2D eigenvalue weighted by molar-refractivity contribution is 0.348. The number of hydrogen-bond donors (Lipinski definition) is 8. The van der Waals surface area contributed by atoms with Crippen molar-refractivity contribution in [3.63, 3.8) is 0 Å². The molecule has 0 saturated heterocycles. The molecule has 6 aromatic rings. The van der Waals surface area contributed by atoms with Gasteiger partial charge in [0.25, 0.3) is 0 Å². The molecule has 1 spiro atoms. The average molecular weight is 659 g/mol. The molecule has 0 fully saturated rings. The fraction of sp³-hybridized carbons (Fsp3) is 0.220. The number of fused-ring (bicyclic) bond motifs is 6. The molecule has 0 heterocycles. The minimum absolute atomic E-state index is 0.102. The first-order chi connectivity index (χ1) is 23.1. The largest absolute Gasteiger partial charge is 0.504 e. The van der Waals surface area contributed by atoms with Gasteiger partial charge in [-0.1, -0.05) is 76.2 Å². The molecule has 0 aliphatic heterocycles. The summed E-state index contributed by atoms with van der Waals surface area (Å²) in [6.07, 6.45) is 1.64. The number of hydrogen-bond acceptors (Lipinski definition) is 8. The molecule has 8 nitrogen and oxygen atoms in total. The van der Waals surface area contributed by atoms with Crippen molar-refractivity contribution < 1.29 is 40.9 Å². The molecule has 49 heavy (non-hydrogen) atoms. The number of phenolic OH excluding ortho intramolecular Hbond substituents is 8. The molecule has 250 valence electrons. The van der Waals surface area contributed by atoms with E-state index in [2.05, 4.69) is 27.7 Å². The maximum Gasteiger partial charge on any atom is 0.166 e. The number of aromatic hydroxyl groups is 8. The van der Waals surface area contributed by atoms with E-state index in [-0.39, 0.29) is 73.4 Å². The van der Waals surface area contributed by atoms with Gasteiger partial charge < -0.3 is 40.9 Å². The van der Waals surface area contributed by atoms with Crippen molar-refractivity contribution >= 4 is 21.5 Å². The van der Waals surface area contributed by atoms with Gasteiger partial charge in [-0.25, -0.2) is 0 Å². The first-order valence-electron chi connectivity index (χ1n) is 16.1. The van der Waals surface area contributed by atoms with Gasteiger partial charge in [0.05, 0.1) is 0 Å². The molecule has 0 amide bonds. The van der Waals surface area contributed by atoms with Gasteiger partial charge in [-0.3, -0.25) is 0 Å². The van der Waals surface area contributed by atoms with E-state index in [0.717, 1.165) is 45.9 Å². The van der Waals surface area contributed by atoms with Crippen LogP contribution in [0, 0.1) is 0 Å².